The molecular formula is C30H43ClF2O4. The average molecular weight is 541 g/mol. The Bertz CT molecular complexity index is 863. The molecule has 2 atom stereocenters. The zero-order valence-corrected chi connectivity index (χ0v) is 23.1. The second kappa shape index (κ2) is 15.0. The second-order valence-corrected chi connectivity index (χ2v) is 11.2. The van der Waals surface area contributed by atoms with Crippen LogP contribution >= 0.6 is 11.6 Å². The summed E-state index contributed by atoms with van der Waals surface area (Å²) in [6, 6.07) is 6.32. The second-order valence-electron chi connectivity index (χ2n) is 10.8. The van der Waals surface area contributed by atoms with Gasteiger partial charge in [-0.3, -0.25) is 0 Å². The first kappa shape index (κ1) is 29.9. The molecule has 2 fully saturated rings. The van der Waals surface area contributed by atoms with Crippen molar-refractivity contribution in [2.24, 2.45) is 0 Å². The number of hydrogen-bond acceptors (Lipinski definition) is 4. The molecular weight excluding hydrogens is 498 g/mol. The maximum atomic E-state index is 13.9. The SMILES string of the molecule is CCCCC(F)C(=O)OC1CCC(c2ccc(C3CCC(OC(=O)C(F)CCCC)CC3)c(Cl)c2)CC1. The van der Waals surface area contributed by atoms with E-state index in [1.165, 1.54) is 5.56 Å². The molecule has 7 heteroatoms. The third kappa shape index (κ3) is 8.94. The van der Waals surface area contributed by atoms with E-state index in [2.05, 4.69) is 18.2 Å². The average Bonchev–Trinajstić information content (AvgIpc) is 2.91. The molecule has 0 heterocycles. The minimum atomic E-state index is -1.52. The van der Waals surface area contributed by atoms with Crippen molar-refractivity contribution in [1.29, 1.82) is 0 Å². The van der Waals surface area contributed by atoms with Gasteiger partial charge >= 0.3 is 11.9 Å². The van der Waals surface area contributed by atoms with Crippen LogP contribution in [0.2, 0.25) is 5.02 Å². The molecule has 37 heavy (non-hydrogen) atoms. The summed E-state index contributed by atoms with van der Waals surface area (Å²) in [4.78, 5) is 24.0. The molecule has 0 radical (unpaired) electrons. The molecule has 2 aliphatic rings. The molecule has 2 aliphatic carbocycles. The van der Waals surface area contributed by atoms with Gasteiger partial charge in [0, 0.05) is 5.02 Å². The van der Waals surface area contributed by atoms with Crippen LogP contribution in [-0.2, 0) is 19.1 Å². The van der Waals surface area contributed by atoms with E-state index < -0.39 is 24.3 Å². The van der Waals surface area contributed by atoms with Gasteiger partial charge in [-0.15, -0.1) is 0 Å². The zero-order valence-electron chi connectivity index (χ0n) is 22.4. The lowest BCUT2D eigenvalue weighted by Gasteiger charge is -2.31. The number of carbonyl (C=O) groups excluding carboxylic acids is 2. The predicted molar refractivity (Wildman–Crippen MR) is 142 cm³/mol. The van der Waals surface area contributed by atoms with E-state index in [4.69, 9.17) is 21.1 Å². The van der Waals surface area contributed by atoms with Gasteiger partial charge in [0.1, 0.15) is 12.2 Å². The maximum absolute atomic E-state index is 13.9. The third-order valence-electron chi connectivity index (χ3n) is 7.98. The molecule has 0 saturated heterocycles. The Morgan fingerprint density at radius 2 is 1.27 bits per heavy atom. The van der Waals surface area contributed by atoms with Gasteiger partial charge in [-0.25, -0.2) is 18.4 Å². The highest BCUT2D eigenvalue weighted by Crippen LogP contribution is 2.40. The van der Waals surface area contributed by atoms with Crippen molar-refractivity contribution in [3.8, 4) is 0 Å². The number of unbranched alkanes of at least 4 members (excludes halogenated alkanes) is 2. The fourth-order valence-corrected chi connectivity index (χ4v) is 5.96. The number of ether oxygens (including phenoxy) is 2. The summed E-state index contributed by atoms with van der Waals surface area (Å²) in [7, 11) is 0. The Morgan fingerprint density at radius 3 is 1.70 bits per heavy atom. The fraction of sp³-hybridized carbons (Fsp3) is 0.733. The fourth-order valence-electron chi connectivity index (χ4n) is 5.61. The zero-order chi connectivity index (χ0) is 26.8. The minimum absolute atomic E-state index is 0.207. The summed E-state index contributed by atoms with van der Waals surface area (Å²) in [6.07, 6.45) is 6.47. The molecule has 0 aromatic heterocycles. The van der Waals surface area contributed by atoms with Crippen LogP contribution in [-0.4, -0.2) is 36.5 Å². The summed E-state index contributed by atoms with van der Waals surface area (Å²) in [5.41, 5.74) is 2.30. The number of benzene rings is 1. The Balaban J connectivity index is 1.45. The number of rotatable bonds is 12. The van der Waals surface area contributed by atoms with E-state index in [0.717, 1.165) is 74.8 Å². The van der Waals surface area contributed by atoms with Gasteiger partial charge in [-0.05, 0) is 93.2 Å². The maximum Gasteiger partial charge on any atom is 0.340 e. The summed E-state index contributed by atoms with van der Waals surface area (Å²) >= 11 is 6.72. The van der Waals surface area contributed by atoms with Crippen LogP contribution in [0.25, 0.3) is 0 Å². The van der Waals surface area contributed by atoms with Gasteiger partial charge in [0.15, 0.2) is 12.3 Å². The van der Waals surface area contributed by atoms with E-state index in [0.29, 0.717) is 24.7 Å². The monoisotopic (exact) mass is 540 g/mol. The van der Waals surface area contributed by atoms with E-state index >= 15 is 0 Å². The molecule has 1 aromatic carbocycles. The topological polar surface area (TPSA) is 52.6 Å². The van der Waals surface area contributed by atoms with Crippen molar-refractivity contribution in [1.82, 2.24) is 0 Å². The standard InChI is InChI=1S/C30H43ClF2O4/c1-3-5-7-27(32)29(34)36-23-14-9-20(10-15-23)22-13-18-25(26(31)19-22)21-11-16-24(17-12-21)37-30(35)28(33)8-6-4-2/h13,18-21,23-24,27-28H,3-12,14-17H2,1-2H3. The lowest BCUT2D eigenvalue weighted by molar-refractivity contribution is -0.157. The first-order valence-electron chi connectivity index (χ1n) is 14.3. The van der Waals surface area contributed by atoms with E-state index in [1.807, 2.05) is 13.8 Å². The van der Waals surface area contributed by atoms with Crippen molar-refractivity contribution < 1.29 is 27.8 Å². The quantitative estimate of drug-likeness (QED) is 0.249. The summed E-state index contributed by atoms with van der Waals surface area (Å²) < 4.78 is 38.7. The lowest BCUT2D eigenvalue weighted by atomic mass is 9.80. The predicted octanol–water partition coefficient (Wildman–Crippen LogP) is 8.54. The van der Waals surface area contributed by atoms with Crippen LogP contribution in [0.1, 0.15) is 127 Å². The van der Waals surface area contributed by atoms with Crippen LogP contribution in [0.4, 0.5) is 8.78 Å². The molecule has 1 aromatic rings. The Kier molecular flexibility index (Phi) is 12.1. The van der Waals surface area contributed by atoms with Gasteiger partial charge < -0.3 is 9.47 Å². The molecule has 2 saturated carbocycles. The van der Waals surface area contributed by atoms with Crippen LogP contribution in [0.3, 0.4) is 0 Å². The van der Waals surface area contributed by atoms with E-state index in [-0.39, 0.29) is 25.0 Å². The van der Waals surface area contributed by atoms with Crippen molar-refractivity contribution in [3.05, 3.63) is 34.3 Å². The Hall–Kier alpha value is -1.69. The summed E-state index contributed by atoms with van der Waals surface area (Å²) in [5, 5.41) is 0.756. The van der Waals surface area contributed by atoms with Gasteiger partial charge in [0.2, 0.25) is 0 Å². The molecule has 2 unspecified atom stereocenters. The van der Waals surface area contributed by atoms with Gasteiger partial charge in [0.25, 0.3) is 0 Å². The largest absolute Gasteiger partial charge is 0.460 e. The molecule has 0 N–H and O–H groups in total. The van der Waals surface area contributed by atoms with Gasteiger partial charge in [-0.1, -0.05) is 63.3 Å². The third-order valence-corrected chi connectivity index (χ3v) is 8.31. The normalized spacial score (nSPS) is 25.8. The van der Waals surface area contributed by atoms with Gasteiger partial charge in [-0.2, -0.15) is 0 Å². The van der Waals surface area contributed by atoms with Crippen LogP contribution < -0.4 is 0 Å². The molecule has 0 amide bonds. The minimum Gasteiger partial charge on any atom is -0.460 e. The van der Waals surface area contributed by atoms with E-state index in [9.17, 15) is 18.4 Å². The number of halogens is 3. The smallest absolute Gasteiger partial charge is 0.340 e. The molecule has 0 spiro atoms. The number of hydrogen-bond donors (Lipinski definition) is 0. The van der Waals surface area contributed by atoms with Gasteiger partial charge in [0.05, 0.1) is 0 Å². The molecule has 0 bridgehead atoms. The van der Waals surface area contributed by atoms with Crippen molar-refractivity contribution in [3.63, 3.8) is 0 Å². The first-order chi connectivity index (χ1) is 17.8. The van der Waals surface area contributed by atoms with Crippen LogP contribution in [0, 0.1) is 0 Å². The summed E-state index contributed by atoms with van der Waals surface area (Å²) in [5.74, 6) is -0.784. The summed E-state index contributed by atoms with van der Waals surface area (Å²) in [6.45, 7) is 3.95. The van der Waals surface area contributed by atoms with Crippen LogP contribution in [0.15, 0.2) is 18.2 Å². The van der Waals surface area contributed by atoms with Crippen LogP contribution in [0.5, 0.6) is 0 Å². The number of alkyl halides is 2. The first-order valence-corrected chi connectivity index (χ1v) is 14.7. The Morgan fingerprint density at radius 1 is 0.811 bits per heavy atom. The number of carbonyl (C=O) groups is 2. The molecule has 4 nitrogen and oxygen atoms in total. The highest BCUT2D eigenvalue weighted by molar-refractivity contribution is 6.31. The lowest BCUT2D eigenvalue weighted by Crippen LogP contribution is -2.28. The molecule has 3 rings (SSSR count). The van der Waals surface area contributed by atoms with Crippen molar-refractivity contribution in [2.45, 2.75) is 140 Å². The van der Waals surface area contributed by atoms with E-state index in [1.54, 1.807) is 0 Å². The Labute approximate surface area is 225 Å². The molecule has 208 valence electrons. The van der Waals surface area contributed by atoms with Crippen molar-refractivity contribution >= 4 is 23.5 Å². The molecule has 0 aliphatic heterocycles. The highest BCUT2D eigenvalue weighted by Gasteiger charge is 2.30. The van der Waals surface area contributed by atoms with Crippen molar-refractivity contribution in [2.75, 3.05) is 0 Å². The highest BCUT2D eigenvalue weighted by atomic mass is 35.5. The number of esters is 2.